The van der Waals surface area contributed by atoms with Gasteiger partial charge in [-0.1, -0.05) is 18.3 Å². The summed E-state index contributed by atoms with van der Waals surface area (Å²) in [7, 11) is 0. The highest BCUT2D eigenvalue weighted by Gasteiger charge is 2.15. The number of nitrogen functional groups attached to an aromatic ring is 1. The van der Waals surface area contributed by atoms with Crippen molar-refractivity contribution in [3.8, 4) is 0 Å². The minimum absolute atomic E-state index is 0.213. The lowest BCUT2D eigenvalue weighted by molar-refractivity contribution is 0.0955. The molecule has 0 spiro atoms. The summed E-state index contributed by atoms with van der Waals surface area (Å²) in [6.07, 6.45) is 2.70. The molecule has 0 fully saturated rings. The molecule has 0 bridgehead atoms. The largest absolute Gasteiger partial charge is 0.382 e. The monoisotopic (exact) mass is 297 g/mol. The van der Waals surface area contributed by atoms with Gasteiger partial charge < -0.3 is 16.4 Å². The number of carbonyl (C=O) groups excluding carboxylic acids is 1. The van der Waals surface area contributed by atoms with Crippen molar-refractivity contribution in [3.63, 3.8) is 0 Å². The first-order chi connectivity index (χ1) is 9.20. The van der Waals surface area contributed by atoms with E-state index in [1.165, 1.54) is 22.7 Å². The summed E-state index contributed by atoms with van der Waals surface area (Å²) in [5, 5.41) is 9.31. The SMILES string of the molecule is CCCNc1nc(N)c(C(=O)NCc2nccs2)s1. The maximum Gasteiger partial charge on any atom is 0.265 e. The lowest BCUT2D eigenvalue weighted by Crippen LogP contribution is -2.22. The van der Waals surface area contributed by atoms with Crippen molar-refractivity contribution in [1.82, 2.24) is 15.3 Å². The van der Waals surface area contributed by atoms with Crippen LogP contribution in [0.25, 0.3) is 0 Å². The van der Waals surface area contributed by atoms with Crippen LogP contribution in [0.4, 0.5) is 10.9 Å². The van der Waals surface area contributed by atoms with Crippen LogP contribution in [0, 0.1) is 0 Å². The summed E-state index contributed by atoms with van der Waals surface area (Å²) < 4.78 is 0. The maximum absolute atomic E-state index is 12.0. The molecule has 0 saturated heterocycles. The van der Waals surface area contributed by atoms with Crippen LogP contribution >= 0.6 is 22.7 Å². The van der Waals surface area contributed by atoms with E-state index in [0.29, 0.717) is 16.6 Å². The minimum Gasteiger partial charge on any atom is -0.382 e. The molecule has 2 rings (SSSR count). The van der Waals surface area contributed by atoms with Crippen LogP contribution in [0.5, 0.6) is 0 Å². The Kier molecular flexibility index (Phi) is 4.69. The van der Waals surface area contributed by atoms with Gasteiger partial charge in [0.1, 0.15) is 15.7 Å². The molecule has 1 amide bonds. The van der Waals surface area contributed by atoms with Gasteiger partial charge in [-0.2, -0.15) is 0 Å². The van der Waals surface area contributed by atoms with Gasteiger partial charge >= 0.3 is 0 Å². The summed E-state index contributed by atoms with van der Waals surface area (Å²) in [6, 6.07) is 0. The lowest BCUT2D eigenvalue weighted by Gasteiger charge is -2.00. The quantitative estimate of drug-likeness (QED) is 0.757. The molecule has 4 N–H and O–H groups in total. The summed E-state index contributed by atoms with van der Waals surface area (Å²) >= 11 is 2.77. The Morgan fingerprint density at radius 2 is 2.37 bits per heavy atom. The molecule has 8 heteroatoms. The number of nitrogens with two attached hydrogens (primary N) is 1. The van der Waals surface area contributed by atoms with Crippen molar-refractivity contribution in [2.75, 3.05) is 17.6 Å². The van der Waals surface area contributed by atoms with E-state index in [-0.39, 0.29) is 11.7 Å². The zero-order valence-corrected chi connectivity index (χ0v) is 12.1. The van der Waals surface area contributed by atoms with E-state index in [4.69, 9.17) is 5.73 Å². The number of anilines is 2. The second kappa shape index (κ2) is 6.48. The van der Waals surface area contributed by atoms with Crippen molar-refractivity contribution in [2.24, 2.45) is 0 Å². The van der Waals surface area contributed by atoms with Crippen LogP contribution in [-0.4, -0.2) is 22.4 Å². The van der Waals surface area contributed by atoms with E-state index in [1.807, 2.05) is 5.38 Å². The topological polar surface area (TPSA) is 92.9 Å². The molecule has 19 heavy (non-hydrogen) atoms. The van der Waals surface area contributed by atoms with E-state index in [9.17, 15) is 4.79 Å². The number of nitrogens with one attached hydrogen (secondary N) is 2. The van der Waals surface area contributed by atoms with Gasteiger partial charge in [-0.15, -0.1) is 11.3 Å². The van der Waals surface area contributed by atoms with Crippen molar-refractivity contribution < 1.29 is 4.79 Å². The van der Waals surface area contributed by atoms with Gasteiger partial charge in [-0.05, 0) is 6.42 Å². The minimum atomic E-state index is -0.213. The lowest BCUT2D eigenvalue weighted by atomic mass is 10.4. The zero-order chi connectivity index (χ0) is 13.7. The Morgan fingerprint density at radius 3 is 3.05 bits per heavy atom. The van der Waals surface area contributed by atoms with Gasteiger partial charge in [-0.3, -0.25) is 4.79 Å². The Morgan fingerprint density at radius 1 is 1.53 bits per heavy atom. The number of thiazole rings is 2. The molecule has 0 radical (unpaired) electrons. The standard InChI is InChI=1S/C11H15N5OS2/c1-2-3-14-11-16-9(12)8(19-11)10(17)15-6-7-13-4-5-18-7/h4-5H,2-3,6,12H2,1H3,(H,14,16)(H,15,17). The van der Waals surface area contributed by atoms with Crippen LogP contribution in [0.1, 0.15) is 28.0 Å². The fourth-order valence-electron chi connectivity index (χ4n) is 1.38. The highest BCUT2D eigenvalue weighted by Crippen LogP contribution is 2.24. The maximum atomic E-state index is 12.0. The third kappa shape index (κ3) is 3.65. The van der Waals surface area contributed by atoms with Crippen LogP contribution in [0.3, 0.4) is 0 Å². The molecule has 0 aromatic carbocycles. The van der Waals surface area contributed by atoms with Gasteiger partial charge in [0.15, 0.2) is 5.13 Å². The summed E-state index contributed by atoms with van der Waals surface area (Å²) in [5.74, 6) is 0.0509. The molecule has 2 aromatic heterocycles. The molecule has 2 heterocycles. The fourth-order valence-corrected chi connectivity index (χ4v) is 2.76. The van der Waals surface area contributed by atoms with E-state index in [0.717, 1.165) is 18.0 Å². The first-order valence-electron chi connectivity index (χ1n) is 5.87. The molecule has 0 aliphatic heterocycles. The van der Waals surface area contributed by atoms with Crippen LogP contribution < -0.4 is 16.4 Å². The van der Waals surface area contributed by atoms with Crippen LogP contribution in [-0.2, 0) is 6.54 Å². The number of hydrogen-bond acceptors (Lipinski definition) is 7. The van der Waals surface area contributed by atoms with Gasteiger partial charge in [0, 0.05) is 18.1 Å². The Labute approximate surface area is 119 Å². The van der Waals surface area contributed by atoms with Crippen molar-refractivity contribution >= 4 is 39.5 Å². The average molecular weight is 297 g/mol. The predicted octanol–water partition coefficient (Wildman–Crippen LogP) is 1.93. The molecule has 0 unspecified atom stereocenters. The van der Waals surface area contributed by atoms with E-state index < -0.39 is 0 Å². The van der Waals surface area contributed by atoms with Crippen molar-refractivity contribution in [2.45, 2.75) is 19.9 Å². The van der Waals surface area contributed by atoms with Gasteiger partial charge in [0.2, 0.25) is 0 Å². The molecule has 102 valence electrons. The summed E-state index contributed by atoms with van der Waals surface area (Å²) in [6.45, 7) is 3.28. The zero-order valence-electron chi connectivity index (χ0n) is 10.5. The summed E-state index contributed by atoms with van der Waals surface area (Å²) in [5.41, 5.74) is 5.75. The fraction of sp³-hybridized carbons (Fsp3) is 0.364. The van der Waals surface area contributed by atoms with Gasteiger partial charge in [-0.25, -0.2) is 9.97 Å². The Bertz CT molecular complexity index is 537. The van der Waals surface area contributed by atoms with E-state index in [1.54, 1.807) is 6.20 Å². The molecule has 0 saturated carbocycles. The van der Waals surface area contributed by atoms with Gasteiger partial charge in [0.25, 0.3) is 5.91 Å². The third-order valence-electron chi connectivity index (χ3n) is 2.27. The molecule has 2 aromatic rings. The third-order valence-corrected chi connectivity index (χ3v) is 4.08. The summed E-state index contributed by atoms with van der Waals surface area (Å²) in [4.78, 5) is 20.6. The predicted molar refractivity (Wildman–Crippen MR) is 78.6 cm³/mol. The number of hydrogen-bond donors (Lipinski definition) is 3. The number of carbonyl (C=O) groups is 1. The number of aromatic nitrogens is 2. The van der Waals surface area contributed by atoms with E-state index >= 15 is 0 Å². The number of nitrogens with zero attached hydrogens (tertiary/aromatic N) is 2. The van der Waals surface area contributed by atoms with Crippen molar-refractivity contribution in [3.05, 3.63) is 21.5 Å². The second-order valence-corrected chi connectivity index (χ2v) is 5.75. The molecule has 6 nitrogen and oxygen atoms in total. The molecule has 0 aliphatic rings. The van der Waals surface area contributed by atoms with E-state index in [2.05, 4.69) is 27.5 Å². The second-order valence-electron chi connectivity index (χ2n) is 3.77. The first-order valence-corrected chi connectivity index (χ1v) is 7.57. The van der Waals surface area contributed by atoms with Crippen LogP contribution in [0.2, 0.25) is 0 Å². The Hall–Kier alpha value is -1.67. The number of amides is 1. The average Bonchev–Trinajstić information content (AvgIpc) is 3.03. The Balaban J connectivity index is 1.96. The molecular formula is C11H15N5OS2. The number of rotatable bonds is 6. The first kappa shape index (κ1) is 13.8. The van der Waals surface area contributed by atoms with Crippen molar-refractivity contribution in [1.29, 1.82) is 0 Å². The molecular weight excluding hydrogens is 282 g/mol. The molecule has 0 aliphatic carbocycles. The van der Waals surface area contributed by atoms with Gasteiger partial charge in [0.05, 0.1) is 6.54 Å². The highest BCUT2D eigenvalue weighted by molar-refractivity contribution is 7.18. The molecule has 0 atom stereocenters. The normalized spacial score (nSPS) is 10.4. The highest BCUT2D eigenvalue weighted by atomic mass is 32.1. The van der Waals surface area contributed by atoms with Crippen LogP contribution in [0.15, 0.2) is 11.6 Å². The smallest absolute Gasteiger partial charge is 0.265 e.